The van der Waals surface area contributed by atoms with Crippen molar-refractivity contribution in [3.63, 3.8) is 0 Å². The maximum absolute atomic E-state index is 11.9. The highest BCUT2D eigenvalue weighted by Crippen LogP contribution is 2.13. The normalized spacial score (nSPS) is 12.2. The molecule has 1 heterocycles. The SMILES string of the molecule is CN=C(NCCCCn1c(C)cccc1=O)NCC(CO)c1ccccc1.I. The molecule has 0 aliphatic heterocycles. The Morgan fingerprint density at radius 3 is 2.50 bits per heavy atom. The van der Waals surface area contributed by atoms with Crippen LogP contribution in [0.3, 0.4) is 0 Å². The highest BCUT2D eigenvalue weighted by Gasteiger charge is 2.10. The van der Waals surface area contributed by atoms with Crippen LogP contribution in [0.5, 0.6) is 0 Å². The number of hydrogen-bond acceptors (Lipinski definition) is 3. The van der Waals surface area contributed by atoms with Crippen molar-refractivity contribution < 1.29 is 5.11 Å². The number of nitrogens with zero attached hydrogens (tertiary/aromatic N) is 2. The number of nitrogens with one attached hydrogen (secondary N) is 2. The molecule has 3 N–H and O–H groups in total. The summed E-state index contributed by atoms with van der Waals surface area (Å²) in [6, 6.07) is 15.3. The molecule has 0 aliphatic rings. The molecule has 0 aliphatic carbocycles. The number of halogens is 1. The van der Waals surface area contributed by atoms with Gasteiger partial charge >= 0.3 is 0 Å². The van der Waals surface area contributed by atoms with Gasteiger partial charge in [0, 0.05) is 44.4 Å². The van der Waals surface area contributed by atoms with Crippen molar-refractivity contribution in [3.05, 3.63) is 70.1 Å². The molecule has 0 fully saturated rings. The number of benzene rings is 1. The average molecular weight is 498 g/mol. The monoisotopic (exact) mass is 498 g/mol. The topological polar surface area (TPSA) is 78.7 Å². The van der Waals surface area contributed by atoms with E-state index in [1.807, 2.05) is 43.3 Å². The zero-order valence-corrected chi connectivity index (χ0v) is 18.9. The molecule has 154 valence electrons. The van der Waals surface area contributed by atoms with Crippen molar-refractivity contribution in [1.82, 2.24) is 15.2 Å². The quantitative estimate of drug-likeness (QED) is 0.215. The first-order valence-corrected chi connectivity index (χ1v) is 9.42. The molecule has 0 amide bonds. The Balaban J connectivity index is 0.00000392. The van der Waals surface area contributed by atoms with E-state index < -0.39 is 0 Å². The molecule has 2 aromatic rings. The fraction of sp³-hybridized carbons (Fsp3) is 0.429. The standard InChI is InChI=1S/C21H30N4O2.HI/c1-17-9-8-12-20(27)25(17)14-7-6-13-23-21(22-2)24-15-19(16-26)18-10-4-3-5-11-18;/h3-5,8-12,19,26H,6-7,13-16H2,1-2H3,(H2,22,23,24);1H. The van der Waals surface area contributed by atoms with Gasteiger partial charge in [-0.2, -0.15) is 0 Å². The van der Waals surface area contributed by atoms with Gasteiger partial charge in [-0.1, -0.05) is 36.4 Å². The number of aryl methyl sites for hydroxylation is 1. The molecule has 1 atom stereocenters. The van der Waals surface area contributed by atoms with Crippen LogP contribution < -0.4 is 16.2 Å². The van der Waals surface area contributed by atoms with Gasteiger partial charge in [-0.05, 0) is 31.4 Å². The summed E-state index contributed by atoms with van der Waals surface area (Å²) in [7, 11) is 1.73. The molecule has 28 heavy (non-hydrogen) atoms. The lowest BCUT2D eigenvalue weighted by atomic mass is 10.0. The number of pyridine rings is 1. The number of rotatable bonds is 9. The summed E-state index contributed by atoms with van der Waals surface area (Å²) in [5.74, 6) is 0.745. The molecular formula is C21H31IN4O2. The molecule has 0 spiro atoms. The number of hydrogen-bond donors (Lipinski definition) is 3. The summed E-state index contributed by atoms with van der Waals surface area (Å²) in [6.07, 6.45) is 1.85. The Bertz CT molecular complexity index is 777. The molecule has 1 unspecified atom stereocenters. The molecule has 6 nitrogen and oxygen atoms in total. The van der Waals surface area contributed by atoms with Gasteiger partial charge in [-0.3, -0.25) is 9.79 Å². The van der Waals surface area contributed by atoms with Gasteiger partial charge in [0.2, 0.25) is 0 Å². The predicted octanol–water partition coefficient (Wildman–Crippen LogP) is 2.50. The molecule has 2 rings (SSSR count). The average Bonchev–Trinajstić information content (AvgIpc) is 2.69. The second kappa shape index (κ2) is 13.3. The van der Waals surface area contributed by atoms with Crippen LogP contribution in [0.4, 0.5) is 0 Å². The van der Waals surface area contributed by atoms with Crippen LogP contribution in [-0.4, -0.2) is 42.4 Å². The Hall–Kier alpha value is -1.87. The number of aromatic nitrogens is 1. The van der Waals surface area contributed by atoms with Crippen molar-refractivity contribution in [1.29, 1.82) is 0 Å². The summed E-state index contributed by atoms with van der Waals surface area (Å²) in [5.41, 5.74) is 2.15. The lowest BCUT2D eigenvalue weighted by molar-refractivity contribution is 0.265. The first kappa shape index (κ1) is 24.2. The summed E-state index contributed by atoms with van der Waals surface area (Å²) >= 11 is 0. The van der Waals surface area contributed by atoms with Crippen molar-refractivity contribution in [3.8, 4) is 0 Å². The van der Waals surface area contributed by atoms with Gasteiger partial charge in [-0.15, -0.1) is 24.0 Å². The first-order chi connectivity index (χ1) is 13.2. The van der Waals surface area contributed by atoms with Crippen molar-refractivity contribution in [2.24, 2.45) is 4.99 Å². The Morgan fingerprint density at radius 1 is 1.11 bits per heavy atom. The molecule has 1 aromatic heterocycles. The summed E-state index contributed by atoms with van der Waals surface area (Å²) in [5, 5.41) is 16.2. The Kier molecular flexibility index (Phi) is 11.5. The van der Waals surface area contributed by atoms with Gasteiger partial charge in [0.15, 0.2) is 5.96 Å². The summed E-state index contributed by atoms with van der Waals surface area (Å²) < 4.78 is 1.80. The Morgan fingerprint density at radius 2 is 1.86 bits per heavy atom. The third kappa shape index (κ3) is 7.63. The molecule has 0 bridgehead atoms. The summed E-state index contributed by atoms with van der Waals surface area (Å²) in [6.45, 7) is 4.14. The zero-order valence-electron chi connectivity index (χ0n) is 16.6. The number of guanidine groups is 1. The number of aliphatic hydroxyl groups is 1. The second-order valence-electron chi connectivity index (χ2n) is 6.53. The maximum Gasteiger partial charge on any atom is 0.250 e. The van der Waals surface area contributed by atoms with Crippen LogP contribution >= 0.6 is 24.0 Å². The number of aliphatic imine (C=N–C) groups is 1. The first-order valence-electron chi connectivity index (χ1n) is 9.42. The van der Waals surface area contributed by atoms with Crippen LogP contribution in [0.2, 0.25) is 0 Å². The zero-order chi connectivity index (χ0) is 19.5. The van der Waals surface area contributed by atoms with Gasteiger partial charge in [0.05, 0.1) is 6.61 Å². The van der Waals surface area contributed by atoms with Crippen LogP contribution in [0.15, 0.2) is 58.3 Å². The van der Waals surface area contributed by atoms with Crippen molar-refractivity contribution in [2.45, 2.75) is 32.2 Å². The van der Waals surface area contributed by atoms with E-state index in [1.54, 1.807) is 23.7 Å². The molecule has 0 radical (unpaired) electrons. The van der Waals surface area contributed by atoms with Crippen LogP contribution in [0.1, 0.15) is 30.0 Å². The third-order valence-electron chi connectivity index (χ3n) is 4.60. The molecule has 7 heteroatoms. The van der Waals surface area contributed by atoms with Crippen LogP contribution in [0.25, 0.3) is 0 Å². The number of aliphatic hydroxyl groups excluding tert-OH is 1. The van der Waals surface area contributed by atoms with E-state index in [4.69, 9.17) is 0 Å². The van der Waals surface area contributed by atoms with Crippen LogP contribution in [0, 0.1) is 6.92 Å². The third-order valence-corrected chi connectivity index (χ3v) is 4.60. The lowest BCUT2D eigenvalue weighted by Crippen LogP contribution is -2.40. The van der Waals surface area contributed by atoms with E-state index in [0.717, 1.165) is 43.1 Å². The van der Waals surface area contributed by atoms with Crippen molar-refractivity contribution in [2.75, 3.05) is 26.7 Å². The highest BCUT2D eigenvalue weighted by molar-refractivity contribution is 14.0. The van der Waals surface area contributed by atoms with Gasteiger partial charge in [0.1, 0.15) is 0 Å². The van der Waals surface area contributed by atoms with E-state index in [1.165, 1.54) is 0 Å². The largest absolute Gasteiger partial charge is 0.396 e. The molecule has 1 aromatic carbocycles. The fourth-order valence-corrected chi connectivity index (χ4v) is 2.97. The number of unbranched alkanes of at least 4 members (excludes halogenated alkanes) is 1. The molecule has 0 saturated carbocycles. The fourth-order valence-electron chi connectivity index (χ4n) is 2.97. The van der Waals surface area contributed by atoms with Gasteiger partial charge in [0.25, 0.3) is 5.56 Å². The minimum Gasteiger partial charge on any atom is -0.396 e. The van der Waals surface area contributed by atoms with E-state index in [-0.39, 0.29) is 42.1 Å². The van der Waals surface area contributed by atoms with Gasteiger partial charge < -0.3 is 20.3 Å². The lowest BCUT2D eigenvalue weighted by Gasteiger charge is -2.18. The van der Waals surface area contributed by atoms with E-state index >= 15 is 0 Å². The van der Waals surface area contributed by atoms with Crippen molar-refractivity contribution >= 4 is 29.9 Å². The Labute approximate surface area is 184 Å². The minimum atomic E-state index is 0. The minimum absolute atomic E-state index is 0. The van der Waals surface area contributed by atoms with Gasteiger partial charge in [-0.25, -0.2) is 0 Å². The predicted molar refractivity (Wildman–Crippen MR) is 126 cm³/mol. The smallest absolute Gasteiger partial charge is 0.250 e. The van der Waals surface area contributed by atoms with E-state index in [2.05, 4.69) is 15.6 Å². The molecule has 0 saturated heterocycles. The molecular weight excluding hydrogens is 467 g/mol. The highest BCUT2D eigenvalue weighted by atomic mass is 127. The van der Waals surface area contributed by atoms with Crippen LogP contribution in [-0.2, 0) is 6.54 Å². The maximum atomic E-state index is 11.9. The van der Waals surface area contributed by atoms with E-state index in [9.17, 15) is 9.90 Å². The van der Waals surface area contributed by atoms with E-state index in [0.29, 0.717) is 6.54 Å². The summed E-state index contributed by atoms with van der Waals surface area (Å²) in [4.78, 5) is 16.1. The second-order valence-corrected chi connectivity index (χ2v) is 6.53.